The van der Waals surface area contributed by atoms with E-state index in [1.54, 1.807) is 18.5 Å². The van der Waals surface area contributed by atoms with Crippen LogP contribution in [0.15, 0.2) is 42.7 Å². The zero-order valence-electron chi connectivity index (χ0n) is 8.94. The van der Waals surface area contributed by atoms with Crippen LogP contribution in [-0.2, 0) is 6.42 Å². The Hall–Kier alpha value is -1.87. The highest BCUT2D eigenvalue weighted by molar-refractivity contribution is 6.08. The van der Waals surface area contributed by atoms with E-state index >= 15 is 0 Å². The molecule has 0 aliphatic carbocycles. The van der Waals surface area contributed by atoms with Gasteiger partial charge in [-0.15, -0.1) is 0 Å². The van der Waals surface area contributed by atoms with Gasteiger partial charge in [0.25, 0.3) is 0 Å². The van der Waals surface area contributed by atoms with Crippen molar-refractivity contribution in [3.63, 3.8) is 0 Å². The van der Waals surface area contributed by atoms with Crippen molar-refractivity contribution >= 4 is 5.78 Å². The number of aromatic amines is 1. The lowest BCUT2D eigenvalue weighted by Crippen LogP contribution is -2.05. The molecule has 0 aliphatic heterocycles. The standard InChI is InChI=1S/C13H14N2O/c14-6-4-10-2-1-3-11(8-10)13(16)12-5-7-15-9-12/h1-3,5,7-9,15H,4,6,14H2. The Morgan fingerprint density at radius 3 is 2.81 bits per heavy atom. The topological polar surface area (TPSA) is 58.9 Å². The quantitative estimate of drug-likeness (QED) is 0.762. The van der Waals surface area contributed by atoms with Gasteiger partial charge in [-0.25, -0.2) is 0 Å². The fourth-order valence-corrected chi connectivity index (χ4v) is 1.67. The Kier molecular flexibility index (Phi) is 3.17. The maximum absolute atomic E-state index is 12.0. The van der Waals surface area contributed by atoms with Crippen LogP contribution in [0, 0.1) is 0 Å². The largest absolute Gasteiger partial charge is 0.367 e. The maximum Gasteiger partial charge on any atom is 0.194 e. The van der Waals surface area contributed by atoms with Gasteiger partial charge in [0.1, 0.15) is 0 Å². The monoisotopic (exact) mass is 214 g/mol. The van der Waals surface area contributed by atoms with Gasteiger partial charge in [0, 0.05) is 23.5 Å². The molecule has 16 heavy (non-hydrogen) atoms. The Labute approximate surface area is 94.3 Å². The van der Waals surface area contributed by atoms with E-state index in [1.807, 2.05) is 24.3 Å². The summed E-state index contributed by atoms with van der Waals surface area (Å²) in [5, 5.41) is 0. The molecule has 0 saturated carbocycles. The third-order valence-electron chi connectivity index (χ3n) is 2.48. The summed E-state index contributed by atoms with van der Waals surface area (Å²) in [7, 11) is 0. The van der Waals surface area contributed by atoms with Crippen LogP contribution in [0.1, 0.15) is 21.5 Å². The number of hydrogen-bond acceptors (Lipinski definition) is 2. The van der Waals surface area contributed by atoms with Crippen molar-refractivity contribution in [3.8, 4) is 0 Å². The van der Waals surface area contributed by atoms with Crippen LogP contribution < -0.4 is 5.73 Å². The van der Waals surface area contributed by atoms with Gasteiger partial charge in [0.15, 0.2) is 5.78 Å². The minimum Gasteiger partial charge on any atom is -0.367 e. The van der Waals surface area contributed by atoms with Crippen LogP contribution >= 0.6 is 0 Å². The van der Waals surface area contributed by atoms with E-state index < -0.39 is 0 Å². The van der Waals surface area contributed by atoms with Crippen molar-refractivity contribution in [2.45, 2.75) is 6.42 Å². The van der Waals surface area contributed by atoms with Crippen LogP contribution in [0.5, 0.6) is 0 Å². The molecule has 2 rings (SSSR count). The Bertz CT molecular complexity index is 474. The fraction of sp³-hybridized carbons (Fsp3) is 0.154. The van der Waals surface area contributed by atoms with Gasteiger partial charge in [0.2, 0.25) is 0 Å². The highest BCUT2D eigenvalue weighted by atomic mass is 16.1. The average molecular weight is 214 g/mol. The van der Waals surface area contributed by atoms with E-state index in [9.17, 15) is 4.79 Å². The molecule has 1 aromatic carbocycles. The lowest BCUT2D eigenvalue weighted by molar-refractivity contribution is 0.103. The number of ketones is 1. The molecule has 0 unspecified atom stereocenters. The molecule has 2 aromatic rings. The van der Waals surface area contributed by atoms with Crippen LogP contribution in [0.3, 0.4) is 0 Å². The van der Waals surface area contributed by atoms with Gasteiger partial charge in [-0.2, -0.15) is 0 Å². The van der Waals surface area contributed by atoms with Crippen LogP contribution in [0.4, 0.5) is 0 Å². The molecule has 82 valence electrons. The molecule has 0 atom stereocenters. The maximum atomic E-state index is 12.0. The first-order valence-electron chi connectivity index (χ1n) is 5.28. The van der Waals surface area contributed by atoms with Crippen molar-refractivity contribution in [1.29, 1.82) is 0 Å². The van der Waals surface area contributed by atoms with Crippen molar-refractivity contribution in [2.75, 3.05) is 6.54 Å². The molecule has 0 amide bonds. The number of H-pyrrole nitrogens is 1. The predicted molar refractivity (Wildman–Crippen MR) is 63.4 cm³/mol. The molecule has 3 nitrogen and oxygen atoms in total. The summed E-state index contributed by atoms with van der Waals surface area (Å²) in [6.45, 7) is 0.599. The molecule has 0 radical (unpaired) electrons. The number of aromatic nitrogens is 1. The second-order valence-corrected chi connectivity index (χ2v) is 3.67. The SMILES string of the molecule is NCCc1cccc(C(=O)c2cc[nH]c2)c1. The Balaban J connectivity index is 2.27. The number of nitrogens with one attached hydrogen (secondary N) is 1. The minimum absolute atomic E-state index is 0.0418. The zero-order chi connectivity index (χ0) is 11.4. The van der Waals surface area contributed by atoms with Crippen LogP contribution in [0.25, 0.3) is 0 Å². The fourth-order valence-electron chi connectivity index (χ4n) is 1.67. The highest BCUT2D eigenvalue weighted by Crippen LogP contribution is 2.11. The van der Waals surface area contributed by atoms with Gasteiger partial charge in [-0.1, -0.05) is 18.2 Å². The normalized spacial score (nSPS) is 10.3. The first kappa shape index (κ1) is 10.6. The van der Waals surface area contributed by atoms with Crippen molar-refractivity contribution in [2.24, 2.45) is 5.73 Å². The van der Waals surface area contributed by atoms with E-state index in [0.29, 0.717) is 17.7 Å². The lowest BCUT2D eigenvalue weighted by atomic mass is 10.0. The third-order valence-corrected chi connectivity index (χ3v) is 2.48. The molecule has 1 aromatic heterocycles. The second kappa shape index (κ2) is 4.77. The van der Waals surface area contributed by atoms with Gasteiger partial charge in [-0.05, 0) is 30.7 Å². The van der Waals surface area contributed by atoms with Crippen LogP contribution in [-0.4, -0.2) is 17.3 Å². The van der Waals surface area contributed by atoms with Crippen molar-refractivity contribution < 1.29 is 4.79 Å². The van der Waals surface area contributed by atoms with Gasteiger partial charge < -0.3 is 10.7 Å². The molecule has 0 bridgehead atoms. The predicted octanol–water partition coefficient (Wildman–Crippen LogP) is 1.75. The molecule has 3 N–H and O–H groups in total. The highest BCUT2D eigenvalue weighted by Gasteiger charge is 2.09. The molecule has 0 fully saturated rings. The number of hydrogen-bond donors (Lipinski definition) is 2. The van der Waals surface area contributed by atoms with Crippen molar-refractivity contribution in [3.05, 3.63) is 59.4 Å². The van der Waals surface area contributed by atoms with Gasteiger partial charge >= 0.3 is 0 Å². The number of benzene rings is 1. The zero-order valence-corrected chi connectivity index (χ0v) is 8.94. The van der Waals surface area contributed by atoms with Gasteiger partial charge in [-0.3, -0.25) is 4.79 Å². The van der Waals surface area contributed by atoms with E-state index in [4.69, 9.17) is 5.73 Å². The molecule has 0 spiro atoms. The summed E-state index contributed by atoms with van der Waals surface area (Å²) >= 11 is 0. The Morgan fingerprint density at radius 1 is 1.25 bits per heavy atom. The summed E-state index contributed by atoms with van der Waals surface area (Å²) in [6.07, 6.45) is 4.25. The number of carbonyl (C=O) groups is 1. The van der Waals surface area contributed by atoms with Crippen molar-refractivity contribution in [1.82, 2.24) is 4.98 Å². The number of nitrogens with two attached hydrogens (primary N) is 1. The smallest absolute Gasteiger partial charge is 0.194 e. The number of carbonyl (C=O) groups excluding carboxylic acids is 1. The van der Waals surface area contributed by atoms with Gasteiger partial charge in [0.05, 0.1) is 0 Å². The average Bonchev–Trinajstić information content (AvgIpc) is 2.82. The summed E-state index contributed by atoms with van der Waals surface area (Å²) in [5.74, 6) is 0.0418. The van der Waals surface area contributed by atoms with E-state index in [-0.39, 0.29) is 5.78 Å². The van der Waals surface area contributed by atoms with Crippen LogP contribution in [0.2, 0.25) is 0 Å². The van der Waals surface area contributed by atoms with E-state index in [0.717, 1.165) is 12.0 Å². The summed E-state index contributed by atoms with van der Waals surface area (Å²) in [6, 6.07) is 9.39. The second-order valence-electron chi connectivity index (χ2n) is 3.67. The summed E-state index contributed by atoms with van der Waals surface area (Å²) in [5.41, 5.74) is 7.99. The first-order chi connectivity index (χ1) is 7.81. The molecule has 3 heteroatoms. The third kappa shape index (κ3) is 2.20. The van der Waals surface area contributed by atoms with E-state index in [2.05, 4.69) is 4.98 Å². The molecule has 0 aliphatic rings. The summed E-state index contributed by atoms with van der Waals surface area (Å²) in [4.78, 5) is 14.9. The first-order valence-corrected chi connectivity index (χ1v) is 5.28. The number of rotatable bonds is 4. The molecule has 0 saturated heterocycles. The van der Waals surface area contributed by atoms with E-state index in [1.165, 1.54) is 0 Å². The minimum atomic E-state index is 0.0418. The lowest BCUT2D eigenvalue weighted by Gasteiger charge is -2.02. The summed E-state index contributed by atoms with van der Waals surface area (Å²) < 4.78 is 0. The Morgan fingerprint density at radius 2 is 2.12 bits per heavy atom. The molecule has 1 heterocycles. The molecular weight excluding hydrogens is 200 g/mol. The molecular formula is C13H14N2O.